The SMILES string of the molecule is Cc1cnc(C(=O)OCC(=O)c2cc(C)sc2C)cn1. The second kappa shape index (κ2) is 5.92. The molecule has 0 fully saturated rings. The molecule has 2 aromatic rings. The van der Waals surface area contributed by atoms with Crippen molar-refractivity contribution in [3.05, 3.63) is 45.2 Å². The van der Waals surface area contributed by atoms with Crippen LogP contribution >= 0.6 is 11.3 Å². The first-order valence-corrected chi connectivity index (χ1v) is 6.85. The normalized spacial score (nSPS) is 10.3. The van der Waals surface area contributed by atoms with Gasteiger partial charge in [-0.25, -0.2) is 9.78 Å². The van der Waals surface area contributed by atoms with Gasteiger partial charge < -0.3 is 4.74 Å². The number of nitrogens with zero attached hydrogens (tertiary/aromatic N) is 2. The number of thiophene rings is 1. The van der Waals surface area contributed by atoms with Gasteiger partial charge in [0.2, 0.25) is 5.78 Å². The Kier molecular flexibility index (Phi) is 4.24. The smallest absolute Gasteiger partial charge is 0.358 e. The third-order valence-electron chi connectivity index (χ3n) is 2.67. The predicted molar refractivity (Wildman–Crippen MR) is 75.2 cm³/mol. The topological polar surface area (TPSA) is 69.2 Å². The number of Topliss-reactive ketones (excluding diaryl/α,β-unsaturated/α-hetero) is 1. The highest BCUT2D eigenvalue weighted by molar-refractivity contribution is 7.12. The summed E-state index contributed by atoms with van der Waals surface area (Å²) in [7, 11) is 0. The van der Waals surface area contributed by atoms with E-state index >= 15 is 0 Å². The Morgan fingerprint density at radius 2 is 1.95 bits per heavy atom. The minimum Gasteiger partial charge on any atom is -0.453 e. The van der Waals surface area contributed by atoms with E-state index in [1.54, 1.807) is 18.3 Å². The first-order chi connectivity index (χ1) is 9.47. The first-order valence-electron chi connectivity index (χ1n) is 6.03. The van der Waals surface area contributed by atoms with Crippen LogP contribution in [0.2, 0.25) is 0 Å². The number of carbonyl (C=O) groups excluding carboxylic acids is 2. The quantitative estimate of drug-likeness (QED) is 0.639. The highest BCUT2D eigenvalue weighted by Crippen LogP contribution is 2.21. The fourth-order valence-electron chi connectivity index (χ4n) is 1.69. The van der Waals surface area contributed by atoms with E-state index in [0.717, 1.165) is 9.75 Å². The average molecular weight is 290 g/mol. The standard InChI is InChI=1S/C14H14N2O3S/c1-8-5-16-12(6-15-8)14(18)19-7-13(17)11-4-9(2)20-10(11)3/h4-6H,7H2,1-3H3. The summed E-state index contributed by atoms with van der Waals surface area (Å²) in [4.78, 5) is 33.5. The maximum Gasteiger partial charge on any atom is 0.358 e. The molecule has 20 heavy (non-hydrogen) atoms. The number of esters is 1. The van der Waals surface area contributed by atoms with E-state index in [0.29, 0.717) is 11.3 Å². The van der Waals surface area contributed by atoms with Gasteiger partial charge in [-0.3, -0.25) is 9.78 Å². The molecule has 0 aromatic carbocycles. The Hall–Kier alpha value is -2.08. The molecule has 0 aliphatic heterocycles. The van der Waals surface area contributed by atoms with Gasteiger partial charge in [0.05, 0.1) is 11.9 Å². The van der Waals surface area contributed by atoms with Crippen LogP contribution in [0.5, 0.6) is 0 Å². The number of hydrogen-bond acceptors (Lipinski definition) is 6. The fourth-order valence-corrected chi connectivity index (χ4v) is 2.63. The molecule has 0 spiro atoms. The Labute approximate surface area is 120 Å². The van der Waals surface area contributed by atoms with Gasteiger partial charge in [0.25, 0.3) is 0 Å². The van der Waals surface area contributed by atoms with Crippen LogP contribution in [0.1, 0.15) is 36.3 Å². The minimum atomic E-state index is -0.643. The molecular formula is C14H14N2O3S. The van der Waals surface area contributed by atoms with E-state index < -0.39 is 5.97 Å². The highest BCUT2D eigenvalue weighted by atomic mass is 32.1. The molecular weight excluding hydrogens is 276 g/mol. The zero-order valence-electron chi connectivity index (χ0n) is 11.5. The van der Waals surface area contributed by atoms with Crippen molar-refractivity contribution in [2.75, 3.05) is 6.61 Å². The highest BCUT2D eigenvalue weighted by Gasteiger charge is 2.16. The molecule has 0 unspecified atom stereocenters. The fraction of sp³-hybridized carbons (Fsp3) is 0.286. The van der Waals surface area contributed by atoms with Gasteiger partial charge in [0, 0.05) is 21.5 Å². The third kappa shape index (κ3) is 3.27. The summed E-state index contributed by atoms with van der Waals surface area (Å²) in [6.45, 7) is 5.29. The van der Waals surface area contributed by atoms with Gasteiger partial charge in [-0.15, -0.1) is 11.3 Å². The molecule has 0 saturated heterocycles. The average Bonchev–Trinajstić information content (AvgIpc) is 2.75. The van der Waals surface area contributed by atoms with Crippen molar-refractivity contribution in [1.29, 1.82) is 0 Å². The van der Waals surface area contributed by atoms with Crippen LogP contribution in [0.25, 0.3) is 0 Å². The molecule has 0 aliphatic carbocycles. The number of carbonyl (C=O) groups is 2. The largest absolute Gasteiger partial charge is 0.453 e. The molecule has 6 heteroatoms. The molecule has 0 bridgehead atoms. The molecule has 2 aromatic heterocycles. The van der Waals surface area contributed by atoms with Gasteiger partial charge in [-0.05, 0) is 26.8 Å². The van der Waals surface area contributed by atoms with Crippen LogP contribution in [-0.2, 0) is 4.74 Å². The van der Waals surface area contributed by atoms with Crippen LogP contribution < -0.4 is 0 Å². The molecule has 2 heterocycles. The van der Waals surface area contributed by atoms with Crippen LogP contribution in [-0.4, -0.2) is 28.3 Å². The molecule has 0 aliphatic rings. The zero-order chi connectivity index (χ0) is 14.7. The van der Waals surface area contributed by atoms with Gasteiger partial charge >= 0.3 is 5.97 Å². The molecule has 5 nitrogen and oxygen atoms in total. The van der Waals surface area contributed by atoms with E-state index in [1.165, 1.54) is 12.4 Å². The lowest BCUT2D eigenvalue weighted by atomic mass is 10.2. The molecule has 0 radical (unpaired) electrons. The van der Waals surface area contributed by atoms with E-state index in [2.05, 4.69) is 9.97 Å². The summed E-state index contributed by atoms with van der Waals surface area (Å²) >= 11 is 1.55. The van der Waals surface area contributed by atoms with Crippen molar-refractivity contribution >= 4 is 23.1 Å². The maximum atomic E-state index is 12.0. The summed E-state index contributed by atoms with van der Waals surface area (Å²) in [6.07, 6.45) is 2.81. The summed E-state index contributed by atoms with van der Waals surface area (Å²) in [5, 5.41) is 0. The van der Waals surface area contributed by atoms with Gasteiger partial charge in [0.15, 0.2) is 12.3 Å². The van der Waals surface area contributed by atoms with Gasteiger partial charge in [-0.2, -0.15) is 0 Å². The van der Waals surface area contributed by atoms with Crippen LogP contribution in [0.4, 0.5) is 0 Å². The van der Waals surface area contributed by atoms with E-state index in [4.69, 9.17) is 4.74 Å². The zero-order valence-corrected chi connectivity index (χ0v) is 12.3. The van der Waals surface area contributed by atoms with Gasteiger partial charge in [0.1, 0.15) is 0 Å². The van der Waals surface area contributed by atoms with Crippen LogP contribution in [0, 0.1) is 20.8 Å². The molecule has 2 rings (SSSR count). The minimum absolute atomic E-state index is 0.0987. The molecule has 104 valence electrons. The predicted octanol–water partition coefficient (Wildman–Crippen LogP) is 2.50. The van der Waals surface area contributed by atoms with Crippen molar-refractivity contribution < 1.29 is 14.3 Å². The lowest BCUT2D eigenvalue weighted by Gasteiger charge is -2.03. The van der Waals surface area contributed by atoms with Crippen molar-refractivity contribution in [2.45, 2.75) is 20.8 Å². The Bertz CT molecular complexity index is 647. The van der Waals surface area contributed by atoms with Crippen molar-refractivity contribution in [1.82, 2.24) is 9.97 Å². The molecule has 0 saturated carbocycles. The maximum absolute atomic E-state index is 12.0. The van der Waals surface area contributed by atoms with E-state index in [-0.39, 0.29) is 18.1 Å². The van der Waals surface area contributed by atoms with Gasteiger partial charge in [-0.1, -0.05) is 0 Å². The van der Waals surface area contributed by atoms with E-state index in [9.17, 15) is 9.59 Å². The molecule has 0 atom stereocenters. The first kappa shape index (κ1) is 14.3. The van der Waals surface area contributed by atoms with Crippen molar-refractivity contribution in [3.63, 3.8) is 0 Å². The molecule has 0 N–H and O–H groups in total. The third-order valence-corrected chi connectivity index (χ3v) is 3.63. The second-order valence-corrected chi connectivity index (χ2v) is 5.83. The monoisotopic (exact) mass is 290 g/mol. The van der Waals surface area contributed by atoms with Crippen molar-refractivity contribution in [2.24, 2.45) is 0 Å². The second-order valence-electron chi connectivity index (χ2n) is 4.37. The van der Waals surface area contributed by atoms with Crippen LogP contribution in [0.15, 0.2) is 18.5 Å². The Morgan fingerprint density at radius 3 is 2.50 bits per heavy atom. The Morgan fingerprint density at radius 1 is 1.20 bits per heavy atom. The van der Waals surface area contributed by atoms with Crippen molar-refractivity contribution in [3.8, 4) is 0 Å². The lowest BCUT2D eigenvalue weighted by molar-refractivity contribution is 0.0468. The molecule has 0 amide bonds. The number of ketones is 1. The number of hydrogen-bond donors (Lipinski definition) is 0. The summed E-state index contributed by atoms with van der Waals surface area (Å²) in [5.74, 6) is -0.851. The van der Waals surface area contributed by atoms with Crippen LogP contribution in [0.3, 0.4) is 0 Å². The van der Waals surface area contributed by atoms with E-state index in [1.807, 2.05) is 19.9 Å². The number of aromatic nitrogens is 2. The summed E-state index contributed by atoms with van der Waals surface area (Å²) in [6, 6.07) is 1.81. The Balaban J connectivity index is 1.98. The summed E-state index contributed by atoms with van der Waals surface area (Å²) < 4.78 is 4.96. The summed E-state index contributed by atoms with van der Waals surface area (Å²) in [5.41, 5.74) is 1.42. The number of ether oxygens (including phenoxy) is 1. The number of aryl methyl sites for hydroxylation is 3. The lowest BCUT2D eigenvalue weighted by Crippen LogP contribution is -2.15. The number of rotatable bonds is 4.